The van der Waals surface area contributed by atoms with E-state index in [9.17, 15) is 24.3 Å². The van der Waals surface area contributed by atoms with Crippen molar-refractivity contribution in [2.75, 3.05) is 65.8 Å². The monoisotopic (exact) mass is 1410 g/mol. The minimum Gasteiger partial charge on any atom is -0.466 e. The fourth-order valence-corrected chi connectivity index (χ4v) is 18.0. The van der Waals surface area contributed by atoms with E-state index < -0.39 is 0 Å². The van der Waals surface area contributed by atoms with E-state index in [-0.39, 0.29) is 30.5 Å². The molecule has 1 aliphatic carbocycles. The molecular weight excluding hydrogens is 1240 g/mol. The van der Waals surface area contributed by atoms with Crippen LogP contribution in [0.2, 0.25) is 0 Å². The number of hydrogen-bond acceptors (Lipinski definition) is 11. The van der Waals surface area contributed by atoms with Gasteiger partial charge in [-0.3, -0.25) is 19.2 Å². The van der Waals surface area contributed by atoms with Crippen molar-refractivity contribution < 1.29 is 43.2 Å². The lowest BCUT2D eigenvalue weighted by molar-refractivity contribution is -0.144. The highest BCUT2D eigenvalue weighted by molar-refractivity contribution is 5.70. The van der Waals surface area contributed by atoms with Gasteiger partial charge >= 0.3 is 23.9 Å². The minimum absolute atomic E-state index is 0.0212. The molecule has 100 heavy (non-hydrogen) atoms. The predicted molar refractivity (Wildman–Crippen MR) is 422 cm³/mol. The average Bonchev–Trinajstić information content (AvgIpc) is 0.732. The van der Waals surface area contributed by atoms with Crippen LogP contribution in [-0.4, -0.2) is 99.6 Å². The number of nitrogens with zero attached hydrogens (tertiary/aromatic N) is 1. The Labute approximate surface area is 619 Å². The van der Waals surface area contributed by atoms with Crippen molar-refractivity contribution in [3.8, 4) is 0 Å². The molecule has 0 aromatic heterocycles. The Morgan fingerprint density at radius 1 is 0.320 bits per heavy atom. The first-order valence-corrected chi connectivity index (χ1v) is 44.8. The minimum atomic E-state index is -0.0476. The summed E-state index contributed by atoms with van der Waals surface area (Å²) in [5.41, 5.74) is 0.844. The third-order valence-electron chi connectivity index (χ3n) is 24.6. The van der Waals surface area contributed by atoms with Crippen molar-refractivity contribution >= 4 is 23.9 Å². The quantitative estimate of drug-likeness (QED) is 0.0608. The molecule has 2 heterocycles. The number of unbranched alkanes of at least 4 members (excludes halogenated alkanes) is 12. The van der Waals surface area contributed by atoms with Crippen molar-refractivity contribution in [2.24, 2.45) is 34.5 Å². The number of β-amino-alcohol motifs (C(OH)–C–C–N with tert-alkyl or cyclic N) is 1. The Morgan fingerprint density at radius 3 is 0.880 bits per heavy atom. The second-order valence-electron chi connectivity index (χ2n) is 33.0. The van der Waals surface area contributed by atoms with Gasteiger partial charge in [-0.1, -0.05) is 278 Å². The zero-order valence-corrected chi connectivity index (χ0v) is 67.0. The van der Waals surface area contributed by atoms with Gasteiger partial charge in [0.2, 0.25) is 0 Å². The van der Waals surface area contributed by atoms with Gasteiger partial charge in [0.1, 0.15) is 0 Å². The number of carbonyl (C=O) groups is 4. The van der Waals surface area contributed by atoms with Gasteiger partial charge in [0, 0.05) is 32.2 Å². The fourth-order valence-electron chi connectivity index (χ4n) is 18.0. The van der Waals surface area contributed by atoms with E-state index in [0.29, 0.717) is 87.2 Å². The predicted octanol–water partition coefficient (Wildman–Crippen LogP) is 25.0. The van der Waals surface area contributed by atoms with E-state index in [1.807, 2.05) is 0 Å². The van der Waals surface area contributed by atoms with Gasteiger partial charge in [-0.25, -0.2) is 0 Å². The molecule has 0 amide bonds. The molecule has 6 unspecified atom stereocenters. The molecule has 0 aromatic carbocycles. The summed E-state index contributed by atoms with van der Waals surface area (Å²) in [6.07, 6.45) is 76.8. The van der Waals surface area contributed by atoms with Gasteiger partial charge in [-0.15, -0.1) is 0 Å². The van der Waals surface area contributed by atoms with E-state index in [1.54, 1.807) is 0 Å². The van der Waals surface area contributed by atoms with Gasteiger partial charge in [-0.05, 0) is 202 Å². The summed E-state index contributed by atoms with van der Waals surface area (Å²) in [7, 11) is 0. The summed E-state index contributed by atoms with van der Waals surface area (Å²) in [4.78, 5) is 54.1. The molecule has 2 saturated heterocycles. The van der Waals surface area contributed by atoms with Crippen LogP contribution in [0.4, 0.5) is 0 Å². The van der Waals surface area contributed by atoms with Crippen LogP contribution in [0.1, 0.15) is 445 Å². The summed E-state index contributed by atoms with van der Waals surface area (Å²) in [6, 6.07) is 0. The van der Waals surface area contributed by atoms with Gasteiger partial charge < -0.3 is 34.3 Å². The Balaban J connectivity index is 1.93. The molecule has 0 radical (unpaired) electrons. The molecule has 3 rings (SSSR count). The van der Waals surface area contributed by atoms with Crippen LogP contribution in [0.15, 0.2) is 0 Å². The molecule has 6 atom stereocenters. The van der Waals surface area contributed by atoms with Crippen LogP contribution < -0.4 is 5.32 Å². The molecule has 3 aliphatic rings. The third kappa shape index (κ3) is 48.1. The highest BCUT2D eigenvalue weighted by Gasteiger charge is 2.56. The average molecular weight is 1410 g/mol. The summed E-state index contributed by atoms with van der Waals surface area (Å²) >= 11 is 0. The van der Waals surface area contributed by atoms with Crippen LogP contribution in [0, 0.1) is 34.5 Å². The number of aliphatic hydroxyl groups excluding tert-OH is 1. The fraction of sp³-hybridized carbons (Fsp3) is 0.955. The Hall–Kier alpha value is -2.24. The first-order valence-electron chi connectivity index (χ1n) is 44.8. The van der Waals surface area contributed by atoms with Gasteiger partial charge in [0.05, 0.1) is 33.0 Å². The van der Waals surface area contributed by atoms with E-state index in [1.165, 1.54) is 276 Å². The van der Waals surface area contributed by atoms with Crippen molar-refractivity contribution in [3.63, 3.8) is 0 Å². The first kappa shape index (κ1) is 92.0. The van der Waals surface area contributed by atoms with Crippen molar-refractivity contribution in [2.45, 2.75) is 445 Å². The van der Waals surface area contributed by atoms with Gasteiger partial charge in [-0.2, -0.15) is 0 Å². The van der Waals surface area contributed by atoms with E-state index in [4.69, 9.17) is 18.9 Å². The largest absolute Gasteiger partial charge is 0.466 e. The highest BCUT2D eigenvalue weighted by atomic mass is 16.5. The number of esters is 4. The summed E-state index contributed by atoms with van der Waals surface area (Å²) in [5.74, 6) is 2.71. The number of cyclic esters (lactones) is 4. The molecule has 2 N–H and O–H groups in total. The summed E-state index contributed by atoms with van der Waals surface area (Å²) in [6.45, 7) is 16.1. The maximum atomic E-state index is 13.0. The number of hydrogen-bond donors (Lipinski definition) is 2. The molecule has 3 fully saturated rings. The van der Waals surface area contributed by atoms with Crippen LogP contribution >= 0.6 is 0 Å². The Bertz CT molecular complexity index is 1880. The van der Waals surface area contributed by atoms with Crippen molar-refractivity contribution in [3.05, 3.63) is 0 Å². The molecule has 11 nitrogen and oxygen atoms in total. The molecule has 11 heteroatoms. The Kier molecular flexibility index (Phi) is 59.9. The molecule has 1 saturated carbocycles. The summed E-state index contributed by atoms with van der Waals surface area (Å²) in [5, 5.41) is 13.4. The lowest BCUT2D eigenvalue weighted by Crippen LogP contribution is -2.51. The number of nitrogens with one attached hydrogen (secondary N) is 1. The van der Waals surface area contributed by atoms with Crippen LogP contribution in [-0.2, 0) is 38.1 Å². The molecule has 2 aliphatic heterocycles. The van der Waals surface area contributed by atoms with E-state index >= 15 is 0 Å². The number of carbonyl (C=O) groups excluding carboxylic acids is 4. The number of ether oxygens (including phenoxy) is 4. The zero-order valence-electron chi connectivity index (χ0n) is 67.0. The molecular formula is C89H168N2O9. The Morgan fingerprint density at radius 2 is 0.590 bits per heavy atom. The zero-order chi connectivity index (χ0) is 71.8. The van der Waals surface area contributed by atoms with E-state index in [0.717, 1.165) is 148 Å². The third-order valence-corrected chi connectivity index (χ3v) is 24.6. The van der Waals surface area contributed by atoms with Crippen LogP contribution in [0.25, 0.3) is 0 Å². The maximum Gasteiger partial charge on any atom is 0.305 e. The van der Waals surface area contributed by atoms with Crippen LogP contribution in [0.3, 0.4) is 0 Å². The summed E-state index contributed by atoms with van der Waals surface area (Å²) < 4.78 is 23.6. The normalized spacial score (nSPS) is 26.6. The van der Waals surface area contributed by atoms with Gasteiger partial charge in [0.25, 0.3) is 0 Å². The van der Waals surface area contributed by atoms with E-state index in [2.05, 4.69) is 37.9 Å². The lowest BCUT2D eigenvalue weighted by Gasteiger charge is -2.62. The molecule has 0 bridgehead atoms. The lowest BCUT2D eigenvalue weighted by atomic mass is 9.43. The topological polar surface area (TPSA) is 141 Å². The SMILES string of the molecule is CCCCCCC1CCCCCC23CCCCCC(CCCCCC)CCCOC(=O)CCCCCN(CCO)CCCCCC(=O)OCCCC(CCCCCC)CCCCCC2(CCCCC(CCCCCC)CCCOC(=O)CCCCCNCCCCCC(=O)OCCC1)CC3. The standard InChI is InChI=1S/C89H168N2O9/c1-5-9-13-24-48-80-52-28-17-36-64-88-65-37-18-29-53-81(49-25-14-10-6-2)57-45-77-99-86(95)62-33-22-42-72-91(74-75-92)73-43-23-34-63-87(96)100-78-46-58-82(50-26-15-11-7-3)54-30-19-38-66-89(88,69-68-88)67-39-35-55-83(51-27-16-12-8-4)59-47-79-98-85(94)61-32-21-41-71-90-70-40-20-31-60-84(93)97-76-44-56-80/h80-83,90,92H,5-79H2,1-4H3. The highest BCUT2D eigenvalue weighted by Crippen LogP contribution is 2.67. The van der Waals surface area contributed by atoms with Crippen LogP contribution in [0.5, 0.6) is 0 Å². The van der Waals surface area contributed by atoms with Crippen molar-refractivity contribution in [1.82, 2.24) is 10.2 Å². The van der Waals surface area contributed by atoms with Crippen molar-refractivity contribution in [1.29, 1.82) is 0 Å². The maximum absolute atomic E-state index is 13.0. The number of aliphatic hydroxyl groups is 1. The molecule has 0 spiro atoms. The molecule has 0 aromatic rings. The smallest absolute Gasteiger partial charge is 0.305 e. The molecule has 588 valence electrons. The second-order valence-corrected chi connectivity index (χ2v) is 33.0. The second kappa shape index (κ2) is 65.1. The number of rotatable bonds is 22. The van der Waals surface area contributed by atoms with Gasteiger partial charge in [0.15, 0.2) is 0 Å². The first-order chi connectivity index (χ1) is 49.1.